The number of hydrogen-bond acceptors (Lipinski definition) is 11. The lowest BCUT2D eigenvalue weighted by atomic mass is 9.85. The third-order valence-electron chi connectivity index (χ3n) is 10.3. The van der Waals surface area contributed by atoms with Crippen molar-refractivity contribution >= 4 is 53.1 Å². The van der Waals surface area contributed by atoms with Crippen LogP contribution in [0.15, 0.2) is 42.3 Å². The first-order chi connectivity index (χ1) is 25.9. The number of hydrogen-bond donors (Lipinski definition) is 3. The summed E-state index contributed by atoms with van der Waals surface area (Å²) < 4.78 is 30.5. The van der Waals surface area contributed by atoms with Crippen molar-refractivity contribution in [1.29, 1.82) is 0 Å². The van der Waals surface area contributed by atoms with E-state index in [1.807, 2.05) is 45.2 Å². The van der Waals surface area contributed by atoms with Crippen LogP contribution in [0.4, 0.5) is 4.79 Å². The predicted molar refractivity (Wildman–Crippen MR) is 209 cm³/mol. The van der Waals surface area contributed by atoms with Gasteiger partial charge >= 0.3 is 12.1 Å². The minimum Gasteiger partial charge on any atom is -0.486 e. The zero-order valence-corrected chi connectivity index (χ0v) is 33.8. The molecule has 5 unspecified atom stereocenters. The van der Waals surface area contributed by atoms with Gasteiger partial charge in [0, 0.05) is 23.1 Å². The maximum atomic E-state index is 14.6. The number of nitrogens with one attached hydrogen (secondary N) is 2. The molecule has 16 heteroatoms. The lowest BCUT2D eigenvalue weighted by molar-refractivity contribution is -0.146. The summed E-state index contributed by atoms with van der Waals surface area (Å²) in [7, 11) is -2.46. The molecule has 1 saturated heterocycles. The molecule has 2 aromatic heterocycles. The number of carboxylic acids is 1. The van der Waals surface area contributed by atoms with Crippen LogP contribution in [-0.4, -0.2) is 99.9 Å². The number of fused-ring (bicyclic) bond motifs is 1. The number of benzene rings is 1. The van der Waals surface area contributed by atoms with E-state index in [9.17, 15) is 28.8 Å². The Labute approximate surface area is 324 Å². The van der Waals surface area contributed by atoms with Gasteiger partial charge in [-0.2, -0.15) is 0 Å². The quantitative estimate of drug-likeness (QED) is 0.132. The summed E-state index contributed by atoms with van der Waals surface area (Å²) in [5.74, 6) is -2.08. The number of alkyl carbamates (subject to hydrolysis) is 1. The number of nitrogens with zero attached hydrogens (tertiary/aromatic N) is 3. The molecular weight excluding hydrogens is 745 g/mol. The summed E-state index contributed by atoms with van der Waals surface area (Å²) in [5, 5.41) is 19.6. The van der Waals surface area contributed by atoms with Gasteiger partial charge in [-0.1, -0.05) is 26.8 Å². The number of thiazole rings is 1. The van der Waals surface area contributed by atoms with Crippen molar-refractivity contribution in [3.8, 4) is 23.0 Å². The van der Waals surface area contributed by atoms with Crippen LogP contribution in [0.25, 0.3) is 22.2 Å². The highest BCUT2D eigenvalue weighted by molar-refractivity contribution is 7.62. The summed E-state index contributed by atoms with van der Waals surface area (Å²) in [6, 6.07) is 4.98. The zero-order chi connectivity index (χ0) is 39.9. The Morgan fingerprint density at radius 3 is 2.45 bits per heavy atom. The van der Waals surface area contributed by atoms with E-state index in [1.54, 1.807) is 25.5 Å². The average molecular weight is 796 g/mol. The van der Waals surface area contributed by atoms with Crippen molar-refractivity contribution in [1.82, 2.24) is 25.5 Å². The fourth-order valence-corrected chi connectivity index (χ4v) is 8.27. The Kier molecular flexibility index (Phi) is 11.4. The van der Waals surface area contributed by atoms with E-state index in [-0.39, 0.29) is 37.7 Å². The van der Waals surface area contributed by atoms with Gasteiger partial charge in [0.25, 0.3) is 0 Å². The summed E-state index contributed by atoms with van der Waals surface area (Å²) in [4.78, 5) is 65.0. The molecule has 0 radical (unpaired) electrons. The molecule has 3 heterocycles. The molecule has 296 valence electrons. The second kappa shape index (κ2) is 15.6. The van der Waals surface area contributed by atoms with Crippen LogP contribution in [0.3, 0.4) is 0 Å². The molecule has 3 aromatic rings. The van der Waals surface area contributed by atoms with Gasteiger partial charge in [0.15, 0.2) is 0 Å². The van der Waals surface area contributed by atoms with Gasteiger partial charge in [-0.15, -0.1) is 17.9 Å². The van der Waals surface area contributed by atoms with Gasteiger partial charge in [0.05, 0.1) is 22.9 Å². The maximum Gasteiger partial charge on any atom is 0.408 e. The van der Waals surface area contributed by atoms with E-state index in [0.29, 0.717) is 22.5 Å². The van der Waals surface area contributed by atoms with Gasteiger partial charge < -0.3 is 39.4 Å². The lowest BCUT2D eigenvalue weighted by Gasteiger charge is -2.35. The molecule has 0 spiro atoms. The van der Waals surface area contributed by atoms with Crippen LogP contribution >= 0.6 is 18.5 Å². The molecule has 3 fully saturated rings. The number of aryl methyl sites for hydroxylation is 1. The van der Waals surface area contributed by atoms with Crippen molar-refractivity contribution < 1.29 is 43.1 Å². The van der Waals surface area contributed by atoms with E-state index >= 15 is 0 Å². The smallest absolute Gasteiger partial charge is 0.408 e. The number of aliphatic carboxylic acids is 1. The maximum absolute atomic E-state index is 14.6. The number of carboxylic acid groups (broad SMARTS) is 1. The Morgan fingerprint density at radius 2 is 1.85 bits per heavy atom. The lowest BCUT2D eigenvalue weighted by Crippen LogP contribution is -2.59. The molecule has 2 aliphatic carbocycles. The van der Waals surface area contributed by atoms with Gasteiger partial charge in [0.2, 0.25) is 17.7 Å². The first-order valence-electron chi connectivity index (χ1n) is 18.5. The van der Waals surface area contributed by atoms with Crippen LogP contribution in [-0.2, 0) is 23.7 Å². The number of rotatable bonds is 13. The standard InChI is InChI=1S/C39H50N5O9PS/c1-8-24-18-39(24,36(47)48)43-33(45)31-17-27(19-44(31)35(46)32(38(3,4)5)42-37(49)53-25-11-9-10-12-25)52-34-28-14-13-26(51-21-54(6,7)50)15-23(28)16-29(41-34)30-20-55-22(2)40-30/h8,13-16,20,24-25,27,31-32H,1,9-12,17-19,21H2,2-7H3,(H,42,49)(H,43,45)(H,47,48). The third-order valence-corrected chi connectivity index (χ3v) is 11.8. The largest absolute Gasteiger partial charge is 0.486 e. The van der Waals surface area contributed by atoms with Gasteiger partial charge in [-0.3, -0.25) is 9.59 Å². The van der Waals surface area contributed by atoms with Crippen molar-refractivity contribution in [3.63, 3.8) is 0 Å². The molecule has 5 atom stereocenters. The average Bonchev–Trinajstić information content (AvgIpc) is 3.50. The molecule has 3 amide bonds. The molecular formula is C39H50N5O9PS. The van der Waals surface area contributed by atoms with E-state index in [1.165, 1.54) is 22.3 Å². The minimum absolute atomic E-state index is 0.0160. The molecule has 55 heavy (non-hydrogen) atoms. The fourth-order valence-electron chi connectivity index (χ4n) is 7.20. The minimum atomic E-state index is -2.46. The van der Waals surface area contributed by atoms with E-state index in [0.717, 1.165) is 36.1 Å². The number of likely N-dealkylation sites (tertiary alicyclic amines) is 1. The van der Waals surface area contributed by atoms with Crippen LogP contribution in [0.2, 0.25) is 0 Å². The molecule has 6 rings (SSSR count). The van der Waals surface area contributed by atoms with Gasteiger partial charge in [-0.25, -0.2) is 19.6 Å². The van der Waals surface area contributed by atoms with Crippen molar-refractivity contribution in [2.75, 3.05) is 26.2 Å². The number of ether oxygens (including phenoxy) is 3. The molecule has 14 nitrogen and oxygen atoms in total. The van der Waals surface area contributed by atoms with Crippen LogP contribution in [0, 0.1) is 18.3 Å². The molecule has 0 bridgehead atoms. The van der Waals surface area contributed by atoms with Crippen molar-refractivity contribution in [2.24, 2.45) is 11.3 Å². The monoisotopic (exact) mass is 795 g/mol. The first-order valence-corrected chi connectivity index (χ1v) is 22.2. The van der Waals surface area contributed by atoms with Crippen LogP contribution < -0.4 is 20.1 Å². The Balaban J connectivity index is 1.33. The second-order valence-electron chi connectivity index (χ2n) is 16.3. The number of amides is 3. The fraction of sp³-hybridized carbons (Fsp3) is 0.538. The van der Waals surface area contributed by atoms with E-state index < -0.39 is 66.1 Å². The Hall–Kier alpha value is -4.49. The van der Waals surface area contributed by atoms with Crippen molar-refractivity contribution in [2.45, 2.75) is 96.1 Å². The molecule has 1 aliphatic heterocycles. The third kappa shape index (κ3) is 9.15. The van der Waals surface area contributed by atoms with Crippen LogP contribution in [0.5, 0.6) is 11.6 Å². The molecule has 1 aromatic carbocycles. The van der Waals surface area contributed by atoms with Gasteiger partial charge in [-0.05, 0) is 87.4 Å². The highest BCUT2D eigenvalue weighted by Gasteiger charge is 2.61. The summed E-state index contributed by atoms with van der Waals surface area (Å²) in [5.41, 5.74) is -1.15. The van der Waals surface area contributed by atoms with E-state index in [4.69, 9.17) is 19.2 Å². The van der Waals surface area contributed by atoms with Crippen molar-refractivity contribution in [3.05, 3.63) is 47.3 Å². The predicted octanol–water partition coefficient (Wildman–Crippen LogP) is 6.20. The number of aromatic nitrogens is 2. The first kappa shape index (κ1) is 40.2. The number of pyridine rings is 1. The topological polar surface area (TPSA) is 186 Å². The summed E-state index contributed by atoms with van der Waals surface area (Å²) in [6.45, 7) is 14.3. The second-order valence-corrected chi connectivity index (χ2v) is 20.8. The highest BCUT2D eigenvalue weighted by Crippen LogP contribution is 2.45. The van der Waals surface area contributed by atoms with Gasteiger partial charge in [0.1, 0.15) is 49.1 Å². The zero-order valence-electron chi connectivity index (χ0n) is 32.1. The summed E-state index contributed by atoms with van der Waals surface area (Å²) >= 11 is 1.47. The highest BCUT2D eigenvalue weighted by atomic mass is 32.1. The molecule has 3 aliphatic rings. The molecule has 2 saturated carbocycles. The van der Waals surface area contributed by atoms with E-state index in [2.05, 4.69) is 22.2 Å². The number of carbonyl (C=O) groups is 4. The Bertz CT molecular complexity index is 2040. The number of carbonyl (C=O) groups excluding carboxylic acids is 3. The Morgan fingerprint density at radius 1 is 1.13 bits per heavy atom. The summed E-state index contributed by atoms with van der Waals surface area (Å²) in [6.07, 6.45) is 3.50. The van der Waals surface area contributed by atoms with Crippen LogP contribution in [0.1, 0.15) is 64.3 Å². The molecule has 3 N–H and O–H groups in total. The normalized spacial score (nSPS) is 23.2. The SMILES string of the molecule is C=CC1CC1(NC(=O)C1CC(Oc2nc(-c3csc(C)n3)cc3cc(OCP(C)(C)=O)ccc23)CN1C(=O)C(NC(=O)OC1CCCC1)C(C)(C)C)C(=O)O.